The van der Waals surface area contributed by atoms with E-state index in [9.17, 15) is 4.79 Å². The summed E-state index contributed by atoms with van der Waals surface area (Å²) in [6.07, 6.45) is 3.55. The van der Waals surface area contributed by atoms with Crippen molar-refractivity contribution >= 4 is 21.8 Å². The first-order chi connectivity index (χ1) is 12.0. The number of benzene rings is 1. The van der Waals surface area contributed by atoms with E-state index in [1.54, 1.807) is 17.3 Å². The summed E-state index contributed by atoms with van der Waals surface area (Å²) in [6.45, 7) is 4.55. The standard InChI is InChI=1S/C20H20BrN3O/c1-14-11-19(15(2)24(14)18-5-4-10-22-12-18)20(25)23(3)13-16-6-8-17(21)9-7-16/h4-12H,13H2,1-3H3. The summed E-state index contributed by atoms with van der Waals surface area (Å²) in [5, 5.41) is 0. The van der Waals surface area contributed by atoms with Crippen molar-refractivity contribution in [1.82, 2.24) is 14.5 Å². The van der Waals surface area contributed by atoms with E-state index >= 15 is 0 Å². The fourth-order valence-corrected chi connectivity index (χ4v) is 3.27. The van der Waals surface area contributed by atoms with E-state index < -0.39 is 0 Å². The smallest absolute Gasteiger partial charge is 0.255 e. The number of carbonyl (C=O) groups is 1. The average molecular weight is 398 g/mol. The quantitative estimate of drug-likeness (QED) is 0.648. The summed E-state index contributed by atoms with van der Waals surface area (Å²) in [6, 6.07) is 13.9. The van der Waals surface area contributed by atoms with Gasteiger partial charge in [0.05, 0.1) is 17.4 Å². The zero-order chi connectivity index (χ0) is 18.0. The molecule has 0 aliphatic heterocycles. The van der Waals surface area contributed by atoms with Crippen molar-refractivity contribution in [2.24, 2.45) is 0 Å². The molecule has 25 heavy (non-hydrogen) atoms. The van der Waals surface area contributed by atoms with Gasteiger partial charge in [-0.3, -0.25) is 9.78 Å². The minimum Gasteiger partial charge on any atom is -0.337 e. The molecule has 0 aliphatic carbocycles. The maximum absolute atomic E-state index is 12.9. The van der Waals surface area contributed by atoms with Crippen LogP contribution in [-0.2, 0) is 6.54 Å². The minimum atomic E-state index is 0.0196. The molecule has 0 saturated carbocycles. The van der Waals surface area contributed by atoms with Crippen LogP contribution in [0.4, 0.5) is 0 Å². The van der Waals surface area contributed by atoms with Gasteiger partial charge in [-0.25, -0.2) is 0 Å². The lowest BCUT2D eigenvalue weighted by molar-refractivity contribution is 0.0784. The molecular weight excluding hydrogens is 378 g/mol. The van der Waals surface area contributed by atoms with Crippen molar-refractivity contribution in [2.45, 2.75) is 20.4 Å². The second-order valence-corrected chi connectivity index (χ2v) is 7.03. The van der Waals surface area contributed by atoms with Crippen LogP contribution >= 0.6 is 15.9 Å². The molecular formula is C20H20BrN3O. The maximum Gasteiger partial charge on any atom is 0.255 e. The van der Waals surface area contributed by atoms with Crippen LogP contribution in [0.15, 0.2) is 59.3 Å². The molecule has 3 aromatic rings. The molecule has 0 bridgehead atoms. The highest BCUT2D eigenvalue weighted by Gasteiger charge is 2.20. The molecule has 1 aromatic carbocycles. The minimum absolute atomic E-state index is 0.0196. The fourth-order valence-electron chi connectivity index (χ4n) is 3.00. The lowest BCUT2D eigenvalue weighted by Gasteiger charge is -2.17. The molecule has 0 radical (unpaired) electrons. The Bertz CT molecular complexity index is 885. The number of carbonyl (C=O) groups excluding carboxylic acids is 1. The first kappa shape index (κ1) is 17.4. The van der Waals surface area contributed by atoms with E-state index in [-0.39, 0.29) is 5.91 Å². The summed E-state index contributed by atoms with van der Waals surface area (Å²) in [5.74, 6) is 0.0196. The van der Waals surface area contributed by atoms with Gasteiger partial charge in [-0.15, -0.1) is 0 Å². The lowest BCUT2D eigenvalue weighted by Crippen LogP contribution is -2.26. The van der Waals surface area contributed by atoms with Crippen molar-refractivity contribution in [2.75, 3.05) is 7.05 Å². The summed E-state index contributed by atoms with van der Waals surface area (Å²) < 4.78 is 3.10. The Kier molecular flexibility index (Phi) is 5.04. The Balaban J connectivity index is 1.86. The van der Waals surface area contributed by atoms with Gasteiger partial charge in [0.1, 0.15) is 0 Å². The number of halogens is 1. The molecule has 0 spiro atoms. The van der Waals surface area contributed by atoms with E-state index in [1.807, 2.05) is 63.4 Å². The van der Waals surface area contributed by atoms with Crippen molar-refractivity contribution < 1.29 is 4.79 Å². The Morgan fingerprint density at radius 3 is 2.56 bits per heavy atom. The van der Waals surface area contributed by atoms with Gasteiger partial charge in [0.15, 0.2) is 0 Å². The van der Waals surface area contributed by atoms with Gasteiger partial charge in [0, 0.05) is 35.6 Å². The Labute approximate surface area is 156 Å². The zero-order valence-electron chi connectivity index (χ0n) is 14.5. The average Bonchev–Trinajstić information content (AvgIpc) is 2.91. The highest BCUT2D eigenvalue weighted by molar-refractivity contribution is 9.10. The molecule has 2 aromatic heterocycles. The molecule has 0 unspecified atom stereocenters. The van der Waals surface area contributed by atoms with Crippen LogP contribution in [0.2, 0.25) is 0 Å². The van der Waals surface area contributed by atoms with Crippen LogP contribution in [0.25, 0.3) is 5.69 Å². The third-order valence-electron chi connectivity index (χ3n) is 4.25. The first-order valence-corrected chi connectivity index (χ1v) is 8.86. The SMILES string of the molecule is Cc1cc(C(=O)N(C)Cc2ccc(Br)cc2)c(C)n1-c1cccnc1. The number of amides is 1. The first-order valence-electron chi connectivity index (χ1n) is 8.06. The number of rotatable bonds is 4. The molecule has 3 rings (SSSR count). The number of aromatic nitrogens is 2. The van der Waals surface area contributed by atoms with Crippen LogP contribution in [0, 0.1) is 13.8 Å². The number of pyridine rings is 1. The van der Waals surface area contributed by atoms with Crippen LogP contribution in [0.3, 0.4) is 0 Å². The molecule has 0 N–H and O–H groups in total. The Morgan fingerprint density at radius 1 is 1.20 bits per heavy atom. The Morgan fingerprint density at radius 2 is 1.92 bits per heavy atom. The second-order valence-electron chi connectivity index (χ2n) is 6.12. The van der Waals surface area contributed by atoms with Crippen molar-refractivity contribution in [3.05, 3.63) is 81.8 Å². The number of hydrogen-bond acceptors (Lipinski definition) is 2. The maximum atomic E-state index is 12.9. The van der Waals surface area contributed by atoms with E-state index in [4.69, 9.17) is 0 Å². The monoisotopic (exact) mass is 397 g/mol. The molecule has 0 aliphatic rings. The summed E-state index contributed by atoms with van der Waals surface area (Å²) in [4.78, 5) is 18.8. The predicted octanol–water partition coefficient (Wildman–Crippen LogP) is 4.52. The number of nitrogens with zero attached hydrogens (tertiary/aromatic N) is 3. The fraction of sp³-hybridized carbons (Fsp3) is 0.200. The summed E-state index contributed by atoms with van der Waals surface area (Å²) in [7, 11) is 1.83. The molecule has 0 fully saturated rings. The van der Waals surface area contributed by atoms with Gasteiger partial charge in [0.2, 0.25) is 0 Å². The highest BCUT2D eigenvalue weighted by Crippen LogP contribution is 2.22. The largest absolute Gasteiger partial charge is 0.337 e. The van der Waals surface area contributed by atoms with Gasteiger partial charge in [0.25, 0.3) is 5.91 Å². The van der Waals surface area contributed by atoms with E-state index in [0.29, 0.717) is 6.54 Å². The van der Waals surface area contributed by atoms with Gasteiger partial charge >= 0.3 is 0 Å². The summed E-state index contributed by atoms with van der Waals surface area (Å²) >= 11 is 3.43. The Hall–Kier alpha value is -2.40. The van der Waals surface area contributed by atoms with Crippen molar-refractivity contribution in [1.29, 1.82) is 0 Å². The molecule has 4 nitrogen and oxygen atoms in total. The molecule has 2 heterocycles. The van der Waals surface area contributed by atoms with Crippen molar-refractivity contribution in [3.63, 3.8) is 0 Å². The van der Waals surface area contributed by atoms with E-state index in [1.165, 1.54) is 0 Å². The lowest BCUT2D eigenvalue weighted by atomic mass is 10.2. The van der Waals surface area contributed by atoms with Crippen LogP contribution in [-0.4, -0.2) is 27.4 Å². The van der Waals surface area contributed by atoms with Gasteiger partial charge < -0.3 is 9.47 Å². The predicted molar refractivity (Wildman–Crippen MR) is 103 cm³/mol. The van der Waals surface area contributed by atoms with Crippen molar-refractivity contribution in [3.8, 4) is 5.69 Å². The third kappa shape index (κ3) is 3.66. The van der Waals surface area contributed by atoms with Gasteiger partial charge in [-0.05, 0) is 49.7 Å². The van der Waals surface area contributed by atoms with Crippen LogP contribution in [0.5, 0.6) is 0 Å². The normalized spacial score (nSPS) is 10.7. The molecule has 128 valence electrons. The third-order valence-corrected chi connectivity index (χ3v) is 4.77. The van der Waals surface area contributed by atoms with Crippen LogP contribution in [0.1, 0.15) is 27.3 Å². The number of hydrogen-bond donors (Lipinski definition) is 0. The molecule has 0 saturated heterocycles. The number of aryl methyl sites for hydroxylation is 1. The molecule has 0 atom stereocenters. The topological polar surface area (TPSA) is 38.1 Å². The van der Waals surface area contributed by atoms with E-state index in [2.05, 4.69) is 25.5 Å². The zero-order valence-corrected chi connectivity index (χ0v) is 16.1. The van der Waals surface area contributed by atoms with Gasteiger partial charge in [-0.1, -0.05) is 28.1 Å². The van der Waals surface area contributed by atoms with Crippen LogP contribution < -0.4 is 0 Å². The summed E-state index contributed by atoms with van der Waals surface area (Å²) in [5.41, 5.74) is 4.73. The van der Waals surface area contributed by atoms with E-state index in [0.717, 1.165) is 32.7 Å². The van der Waals surface area contributed by atoms with Gasteiger partial charge in [-0.2, -0.15) is 0 Å². The molecule has 1 amide bonds. The highest BCUT2D eigenvalue weighted by atomic mass is 79.9. The molecule has 5 heteroatoms. The second kappa shape index (κ2) is 7.23.